The van der Waals surface area contributed by atoms with Crippen molar-refractivity contribution < 1.29 is 19.4 Å². The summed E-state index contributed by atoms with van der Waals surface area (Å²) in [6.45, 7) is 0. The summed E-state index contributed by atoms with van der Waals surface area (Å²) in [5.74, 6) is -0.994. The molecule has 2 aromatic rings. The molecule has 0 aliphatic heterocycles. The Morgan fingerprint density at radius 1 is 1.30 bits per heavy atom. The van der Waals surface area contributed by atoms with Crippen molar-refractivity contribution in [1.82, 2.24) is 0 Å². The first-order valence-corrected chi connectivity index (χ1v) is 7.15. The molecule has 0 atom stereocenters. The van der Waals surface area contributed by atoms with E-state index in [4.69, 9.17) is 9.84 Å². The molecule has 1 aromatic heterocycles. The second-order valence-electron chi connectivity index (χ2n) is 3.81. The van der Waals surface area contributed by atoms with Crippen molar-refractivity contribution in [2.45, 2.75) is 0 Å². The quantitative estimate of drug-likeness (QED) is 0.880. The molecule has 1 amide bonds. The summed E-state index contributed by atoms with van der Waals surface area (Å²) in [5, 5.41) is 13.3. The van der Waals surface area contributed by atoms with E-state index in [1.54, 1.807) is 11.4 Å². The van der Waals surface area contributed by atoms with Crippen LogP contribution in [0.3, 0.4) is 0 Å². The number of nitrogens with one attached hydrogen (secondary N) is 1. The zero-order chi connectivity index (χ0) is 14.7. The molecule has 0 unspecified atom stereocenters. The van der Waals surface area contributed by atoms with Crippen LogP contribution in [0, 0.1) is 0 Å². The number of hydrogen-bond acceptors (Lipinski definition) is 4. The summed E-state index contributed by atoms with van der Waals surface area (Å²) in [7, 11) is 1.45. The Morgan fingerprint density at radius 2 is 2.05 bits per heavy atom. The lowest BCUT2D eigenvalue weighted by Crippen LogP contribution is -2.12. The monoisotopic (exact) mass is 355 g/mol. The number of carbonyl (C=O) groups is 2. The summed E-state index contributed by atoms with van der Waals surface area (Å²) in [6.07, 6.45) is 0. The maximum absolute atomic E-state index is 12.0. The van der Waals surface area contributed by atoms with Gasteiger partial charge in [0.05, 0.1) is 27.7 Å². The molecule has 1 aromatic carbocycles. The molecule has 1 heterocycles. The first-order valence-electron chi connectivity index (χ1n) is 5.48. The molecule has 0 fully saturated rings. The normalized spacial score (nSPS) is 10.1. The van der Waals surface area contributed by atoms with E-state index >= 15 is 0 Å². The van der Waals surface area contributed by atoms with Gasteiger partial charge in [-0.2, -0.15) is 0 Å². The second kappa shape index (κ2) is 6.06. The fraction of sp³-hybridized carbons (Fsp3) is 0.0769. The number of hydrogen-bond donors (Lipinski definition) is 2. The van der Waals surface area contributed by atoms with Crippen molar-refractivity contribution >= 4 is 44.8 Å². The standard InChI is InChI=1S/C13H10BrNO4S/c1-19-10-3-2-7(13(17)18)4-9(10)15-12(16)8-5-11(14)20-6-8/h2-6H,1H3,(H,15,16)(H,17,18). The maximum atomic E-state index is 12.0. The summed E-state index contributed by atoms with van der Waals surface area (Å²) in [5.41, 5.74) is 0.886. The van der Waals surface area contributed by atoms with E-state index in [9.17, 15) is 9.59 Å². The van der Waals surface area contributed by atoms with E-state index in [1.165, 1.54) is 36.6 Å². The highest BCUT2D eigenvalue weighted by molar-refractivity contribution is 9.11. The molecule has 104 valence electrons. The average molecular weight is 356 g/mol. The third kappa shape index (κ3) is 3.17. The van der Waals surface area contributed by atoms with Crippen LogP contribution < -0.4 is 10.1 Å². The van der Waals surface area contributed by atoms with Crippen LogP contribution >= 0.6 is 27.3 Å². The van der Waals surface area contributed by atoms with Crippen LogP contribution in [0.25, 0.3) is 0 Å². The van der Waals surface area contributed by atoms with Crippen molar-refractivity contribution in [1.29, 1.82) is 0 Å². The number of carboxylic acid groups (broad SMARTS) is 1. The number of methoxy groups -OCH3 is 1. The van der Waals surface area contributed by atoms with Crippen LogP contribution in [0.5, 0.6) is 5.75 Å². The van der Waals surface area contributed by atoms with E-state index in [2.05, 4.69) is 21.2 Å². The zero-order valence-electron chi connectivity index (χ0n) is 10.3. The molecular weight excluding hydrogens is 346 g/mol. The Morgan fingerprint density at radius 3 is 2.60 bits per heavy atom. The fourth-order valence-electron chi connectivity index (χ4n) is 1.56. The lowest BCUT2D eigenvalue weighted by molar-refractivity contribution is 0.0696. The molecular formula is C13H10BrNO4S. The van der Waals surface area contributed by atoms with E-state index < -0.39 is 5.97 Å². The molecule has 0 bridgehead atoms. The number of aromatic carboxylic acids is 1. The molecule has 2 rings (SSSR count). The van der Waals surface area contributed by atoms with Gasteiger partial charge in [0.1, 0.15) is 5.75 Å². The van der Waals surface area contributed by atoms with Gasteiger partial charge in [0, 0.05) is 5.38 Å². The Hall–Kier alpha value is -1.86. The molecule has 0 aliphatic carbocycles. The highest BCUT2D eigenvalue weighted by Gasteiger charge is 2.13. The Kier molecular flexibility index (Phi) is 4.41. The maximum Gasteiger partial charge on any atom is 0.335 e. The first-order chi connectivity index (χ1) is 9.51. The minimum atomic E-state index is -1.07. The van der Waals surface area contributed by atoms with Crippen molar-refractivity contribution in [3.63, 3.8) is 0 Å². The number of benzene rings is 1. The number of carboxylic acids is 1. The lowest BCUT2D eigenvalue weighted by Gasteiger charge is -2.10. The minimum Gasteiger partial charge on any atom is -0.495 e. The second-order valence-corrected chi connectivity index (χ2v) is 6.10. The predicted octanol–water partition coefficient (Wildman–Crippen LogP) is 3.47. The molecule has 20 heavy (non-hydrogen) atoms. The van der Waals surface area contributed by atoms with Crippen LogP contribution in [-0.2, 0) is 0 Å². The van der Waals surface area contributed by atoms with Gasteiger partial charge in [0.25, 0.3) is 5.91 Å². The first kappa shape index (κ1) is 14.5. The Bertz CT molecular complexity index is 668. The van der Waals surface area contributed by atoms with Gasteiger partial charge in [-0.05, 0) is 40.2 Å². The van der Waals surface area contributed by atoms with Gasteiger partial charge >= 0.3 is 5.97 Å². The third-order valence-electron chi connectivity index (χ3n) is 2.52. The summed E-state index contributed by atoms with van der Waals surface area (Å²) in [6, 6.07) is 5.97. The molecule has 5 nitrogen and oxygen atoms in total. The SMILES string of the molecule is COc1ccc(C(=O)O)cc1NC(=O)c1csc(Br)c1. The Labute approximate surface area is 127 Å². The van der Waals surface area contributed by atoms with Crippen LogP contribution in [0.1, 0.15) is 20.7 Å². The number of rotatable bonds is 4. The van der Waals surface area contributed by atoms with Crippen molar-refractivity contribution in [3.05, 3.63) is 44.6 Å². The number of anilines is 1. The highest BCUT2D eigenvalue weighted by Crippen LogP contribution is 2.27. The third-order valence-corrected chi connectivity index (χ3v) is 4.03. The van der Waals surface area contributed by atoms with Gasteiger partial charge in [-0.1, -0.05) is 0 Å². The van der Waals surface area contributed by atoms with Crippen molar-refractivity contribution in [2.75, 3.05) is 12.4 Å². The molecule has 2 N–H and O–H groups in total. The molecule has 0 aliphatic rings. The van der Waals surface area contributed by atoms with Gasteiger partial charge in [-0.15, -0.1) is 11.3 Å². The number of ether oxygens (including phenoxy) is 1. The number of amides is 1. The summed E-state index contributed by atoms with van der Waals surface area (Å²) < 4.78 is 5.95. The highest BCUT2D eigenvalue weighted by atomic mass is 79.9. The smallest absolute Gasteiger partial charge is 0.335 e. The molecule has 0 radical (unpaired) electrons. The lowest BCUT2D eigenvalue weighted by atomic mass is 10.2. The van der Waals surface area contributed by atoms with Crippen LogP contribution in [0.2, 0.25) is 0 Å². The molecule has 0 spiro atoms. The fourth-order valence-corrected chi connectivity index (χ4v) is 2.70. The molecule has 0 saturated heterocycles. The summed E-state index contributed by atoms with van der Waals surface area (Å²) in [4.78, 5) is 23.0. The van der Waals surface area contributed by atoms with Gasteiger partial charge < -0.3 is 15.2 Å². The van der Waals surface area contributed by atoms with Gasteiger partial charge in [0.15, 0.2) is 0 Å². The molecule has 0 saturated carbocycles. The Balaban J connectivity index is 2.29. The van der Waals surface area contributed by atoms with Crippen molar-refractivity contribution in [2.24, 2.45) is 0 Å². The van der Waals surface area contributed by atoms with E-state index in [-0.39, 0.29) is 11.5 Å². The largest absolute Gasteiger partial charge is 0.495 e. The van der Waals surface area contributed by atoms with Crippen molar-refractivity contribution in [3.8, 4) is 5.75 Å². The molecule has 7 heteroatoms. The van der Waals surface area contributed by atoms with Crippen LogP contribution in [0.15, 0.2) is 33.4 Å². The van der Waals surface area contributed by atoms with Gasteiger partial charge in [-0.3, -0.25) is 4.79 Å². The van der Waals surface area contributed by atoms with Gasteiger partial charge in [0.2, 0.25) is 0 Å². The summed E-state index contributed by atoms with van der Waals surface area (Å²) >= 11 is 4.67. The van der Waals surface area contributed by atoms with E-state index in [0.717, 1.165) is 3.79 Å². The zero-order valence-corrected chi connectivity index (χ0v) is 12.7. The van der Waals surface area contributed by atoms with E-state index in [0.29, 0.717) is 17.0 Å². The minimum absolute atomic E-state index is 0.0765. The predicted molar refractivity (Wildman–Crippen MR) is 79.9 cm³/mol. The number of carbonyl (C=O) groups excluding carboxylic acids is 1. The van der Waals surface area contributed by atoms with E-state index in [1.807, 2.05) is 0 Å². The number of halogens is 1. The van der Waals surface area contributed by atoms with Crippen LogP contribution in [-0.4, -0.2) is 24.1 Å². The van der Waals surface area contributed by atoms with Crippen LogP contribution in [0.4, 0.5) is 5.69 Å². The number of thiophene rings is 1. The average Bonchev–Trinajstić information content (AvgIpc) is 2.85. The van der Waals surface area contributed by atoms with Gasteiger partial charge in [-0.25, -0.2) is 4.79 Å². The topological polar surface area (TPSA) is 75.6 Å².